The molecule has 0 aliphatic carbocycles. The largest absolute Gasteiger partial charge is 0.395 e. The Morgan fingerprint density at radius 2 is 2.05 bits per heavy atom. The summed E-state index contributed by atoms with van der Waals surface area (Å²) in [7, 11) is 0. The molecule has 1 heterocycles. The molecule has 3 heteroatoms. The van der Waals surface area contributed by atoms with Gasteiger partial charge in [-0.3, -0.25) is 5.32 Å². The van der Waals surface area contributed by atoms with E-state index in [9.17, 15) is 5.11 Å². The lowest BCUT2D eigenvalue weighted by atomic mass is 9.78. The Bertz CT molecular complexity index is 566. The summed E-state index contributed by atoms with van der Waals surface area (Å²) in [6, 6.07) is 10.00. The van der Waals surface area contributed by atoms with E-state index >= 15 is 0 Å². The SMILES string of the molecule is C=C/C=C(\C=C)c1ccc([C@H]2C(C#N)N[C@@H]2CO)cc1. The van der Waals surface area contributed by atoms with Crippen LogP contribution in [0.3, 0.4) is 0 Å². The predicted molar refractivity (Wildman–Crippen MR) is 81.0 cm³/mol. The number of nitriles is 1. The molecule has 0 radical (unpaired) electrons. The molecule has 1 unspecified atom stereocenters. The van der Waals surface area contributed by atoms with Gasteiger partial charge in [0, 0.05) is 12.0 Å². The molecule has 0 amide bonds. The molecule has 2 N–H and O–H groups in total. The van der Waals surface area contributed by atoms with Crippen LogP contribution in [0.4, 0.5) is 0 Å². The molecule has 1 fully saturated rings. The zero-order valence-electron chi connectivity index (χ0n) is 11.3. The summed E-state index contributed by atoms with van der Waals surface area (Å²) in [5.41, 5.74) is 3.14. The highest BCUT2D eigenvalue weighted by atomic mass is 16.3. The van der Waals surface area contributed by atoms with Gasteiger partial charge in [-0.1, -0.05) is 55.7 Å². The maximum atomic E-state index is 9.28. The van der Waals surface area contributed by atoms with Crippen molar-refractivity contribution in [3.8, 4) is 6.07 Å². The van der Waals surface area contributed by atoms with Crippen molar-refractivity contribution in [1.29, 1.82) is 5.26 Å². The number of benzene rings is 1. The number of hydrogen-bond acceptors (Lipinski definition) is 3. The van der Waals surface area contributed by atoms with Gasteiger partial charge in [0.15, 0.2) is 0 Å². The molecule has 1 aromatic carbocycles. The monoisotopic (exact) mass is 266 g/mol. The highest BCUT2D eigenvalue weighted by molar-refractivity contribution is 5.74. The normalized spacial score (nSPS) is 25.4. The molecule has 0 bridgehead atoms. The number of nitrogens with one attached hydrogen (secondary N) is 1. The maximum absolute atomic E-state index is 9.28. The number of hydrogen-bond donors (Lipinski definition) is 2. The third kappa shape index (κ3) is 2.57. The first-order chi connectivity index (χ1) is 9.74. The lowest BCUT2D eigenvalue weighted by Crippen LogP contribution is -2.60. The van der Waals surface area contributed by atoms with Gasteiger partial charge in [-0.25, -0.2) is 0 Å². The number of aliphatic hydroxyl groups excluding tert-OH is 1. The summed E-state index contributed by atoms with van der Waals surface area (Å²) in [5, 5.41) is 21.4. The van der Waals surface area contributed by atoms with Crippen molar-refractivity contribution < 1.29 is 5.11 Å². The van der Waals surface area contributed by atoms with Crippen LogP contribution in [0, 0.1) is 11.3 Å². The van der Waals surface area contributed by atoms with Gasteiger partial charge in [-0.15, -0.1) is 0 Å². The number of aliphatic hydroxyl groups is 1. The Morgan fingerprint density at radius 3 is 2.55 bits per heavy atom. The Morgan fingerprint density at radius 1 is 1.35 bits per heavy atom. The zero-order chi connectivity index (χ0) is 14.5. The molecular formula is C17H18N2O. The first-order valence-electron chi connectivity index (χ1n) is 6.57. The summed E-state index contributed by atoms with van der Waals surface area (Å²) >= 11 is 0. The molecule has 20 heavy (non-hydrogen) atoms. The lowest BCUT2D eigenvalue weighted by Gasteiger charge is -2.42. The fraction of sp³-hybridized carbons (Fsp3) is 0.235. The van der Waals surface area contributed by atoms with E-state index in [1.54, 1.807) is 12.2 Å². The van der Waals surface area contributed by atoms with Crippen molar-refractivity contribution in [2.75, 3.05) is 6.61 Å². The molecule has 1 aliphatic rings. The van der Waals surface area contributed by atoms with E-state index in [1.165, 1.54) is 0 Å². The number of nitrogens with zero attached hydrogens (tertiary/aromatic N) is 1. The van der Waals surface area contributed by atoms with Crippen LogP contribution in [-0.4, -0.2) is 23.8 Å². The maximum Gasteiger partial charge on any atom is 0.104 e. The second-order valence-electron chi connectivity index (χ2n) is 4.77. The third-order valence-corrected chi connectivity index (χ3v) is 3.67. The molecule has 1 aromatic rings. The molecule has 2 rings (SSSR count). The summed E-state index contributed by atoms with van der Waals surface area (Å²) in [6.07, 6.45) is 5.42. The van der Waals surface area contributed by atoms with E-state index in [-0.39, 0.29) is 24.6 Å². The first-order valence-corrected chi connectivity index (χ1v) is 6.57. The number of rotatable bonds is 5. The smallest absolute Gasteiger partial charge is 0.104 e. The average Bonchev–Trinajstić information content (AvgIpc) is 2.45. The van der Waals surface area contributed by atoms with Crippen LogP contribution < -0.4 is 5.32 Å². The molecule has 102 valence electrons. The Labute approximate surface area is 119 Å². The van der Waals surface area contributed by atoms with Gasteiger partial charge in [-0.2, -0.15) is 5.26 Å². The Balaban J connectivity index is 2.24. The first kappa shape index (κ1) is 14.3. The summed E-state index contributed by atoms with van der Waals surface area (Å²) in [5.74, 6) is 0.0506. The van der Waals surface area contributed by atoms with Crippen molar-refractivity contribution in [2.24, 2.45) is 0 Å². The standard InChI is InChI=1S/C17H18N2O/c1-3-5-12(4-2)13-6-8-14(9-7-13)17-15(10-18)19-16(17)11-20/h3-9,15-17,19-20H,1-2,11H2/b12-5+/t15?,16-,17+/m1/s1. The van der Waals surface area contributed by atoms with Crippen LogP contribution in [0.5, 0.6) is 0 Å². The minimum absolute atomic E-state index is 0.0342. The van der Waals surface area contributed by atoms with Gasteiger partial charge in [0.25, 0.3) is 0 Å². The van der Waals surface area contributed by atoms with Crippen molar-refractivity contribution in [1.82, 2.24) is 5.32 Å². The van der Waals surface area contributed by atoms with Crippen LogP contribution in [0.15, 0.2) is 55.7 Å². The molecule has 0 spiro atoms. The van der Waals surface area contributed by atoms with Crippen LogP contribution in [0.25, 0.3) is 5.57 Å². The van der Waals surface area contributed by atoms with E-state index in [0.717, 1.165) is 16.7 Å². The molecule has 0 saturated carbocycles. The second kappa shape index (κ2) is 6.33. The van der Waals surface area contributed by atoms with Gasteiger partial charge in [0.1, 0.15) is 6.04 Å². The fourth-order valence-corrected chi connectivity index (χ4v) is 2.57. The molecule has 0 aromatic heterocycles. The van der Waals surface area contributed by atoms with Gasteiger partial charge < -0.3 is 5.11 Å². The molecule has 1 aliphatic heterocycles. The van der Waals surface area contributed by atoms with Gasteiger partial charge in [0.05, 0.1) is 12.7 Å². The van der Waals surface area contributed by atoms with E-state index in [1.807, 2.05) is 30.3 Å². The molecule has 3 nitrogen and oxygen atoms in total. The summed E-state index contributed by atoms with van der Waals surface area (Å²) < 4.78 is 0. The Kier molecular flexibility index (Phi) is 4.52. The van der Waals surface area contributed by atoms with E-state index in [0.29, 0.717) is 0 Å². The predicted octanol–water partition coefficient (Wildman–Crippen LogP) is 2.38. The lowest BCUT2D eigenvalue weighted by molar-refractivity contribution is 0.151. The third-order valence-electron chi connectivity index (χ3n) is 3.67. The van der Waals surface area contributed by atoms with E-state index in [2.05, 4.69) is 24.5 Å². The number of allylic oxidation sites excluding steroid dienone is 4. The fourth-order valence-electron chi connectivity index (χ4n) is 2.57. The summed E-state index contributed by atoms with van der Waals surface area (Å²) in [4.78, 5) is 0. The van der Waals surface area contributed by atoms with Crippen molar-refractivity contribution >= 4 is 5.57 Å². The minimum Gasteiger partial charge on any atom is -0.395 e. The highest BCUT2D eigenvalue weighted by Gasteiger charge is 2.40. The second-order valence-corrected chi connectivity index (χ2v) is 4.77. The Hall–Kier alpha value is -2.15. The molecule has 1 saturated heterocycles. The summed E-state index contributed by atoms with van der Waals surface area (Å²) in [6.45, 7) is 7.52. The van der Waals surface area contributed by atoms with Crippen LogP contribution >= 0.6 is 0 Å². The average molecular weight is 266 g/mol. The van der Waals surface area contributed by atoms with Gasteiger partial charge >= 0.3 is 0 Å². The quantitative estimate of drug-likeness (QED) is 0.805. The van der Waals surface area contributed by atoms with Crippen LogP contribution in [-0.2, 0) is 0 Å². The van der Waals surface area contributed by atoms with Crippen LogP contribution in [0.2, 0.25) is 0 Å². The topological polar surface area (TPSA) is 56.0 Å². The van der Waals surface area contributed by atoms with Gasteiger partial charge in [0.2, 0.25) is 0 Å². The minimum atomic E-state index is -0.222. The van der Waals surface area contributed by atoms with Crippen molar-refractivity contribution in [3.05, 3.63) is 66.8 Å². The van der Waals surface area contributed by atoms with Gasteiger partial charge in [-0.05, 0) is 16.7 Å². The highest BCUT2D eigenvalue weighted by Crippen LogP contribution is 2.32. The van der Waals surface area contributed by atoms with E-state index in [4.69, 9.17) is 5.26 Å². The zero-order valence-corrected chi connectivity index (χ0v) is 11.3. The van der Waals surface area contributed by atoms with Crippen LogP contribution in [0.1, 0.15) is 17.0 Å². The van der Waals surface area contributed by atoms with Crippen molar-refractivity contribution in [3.63, 3.8) is 0 Å². The molecule has 3 atom stereocenters. The van der Waals surface area contributed by atoms with E-state index < -0.39 is 0 Å². The molecular weight excluding hydrogens is 248 g/mol. The van der Waals surface area contributed by atoms with Crippen molar-refractivity contribution in [2.45, 2.75) is 18.0 Å².